The Labute approximate surface area is 50.2 Å². The molecule has 0 spiro atoms. The fraction of sp³-hybridized carbons (Fsp3) is 1.00. The number of rotatable bonds is 2. The van der Waals surface area contributed by atoms with Gasteiger partial charge in [0.1, 0.15) is 0 Å². The van der Waals surface area contributed by atoms with Crippen molar-refractivity contribution in [2.24, 2.45) is 0 Å². The lowest BCUT2D eigenvalue weighted by Gasteiger charge is -2.05. The zero-order chi connectivity index (χ0) is 5.82. The molecule has 0 aromatic heterocycles. The topological polar surface area (TPSA) is 21.3 Å². The zero-order valence-electron chi connectivity index (χ0n) is 5.31. The highest BCUT2D eigenvalue weighted by molar-refractivity contribution is 4.69. The van der Waals surface area contributed by atoms with E-state index in [1.807, 2.05) is 0 Å². The van der Waals surface area contributed by atoms with E-state index in [4.69, 9.17) is 4.74 Å². The van der Waals surface area contributed by atoms with Crippen LogP contribution in [0.5, 0.6) is 0 Å². The molecule has 0 saturated carbocycles. The van der Waals surface area contributed by atoms with Crippen molar-refractivity contribution in [3.05, 3.63) is 0 Å². The summed E-state index contributed by atoms with van der Waals surface area (Å²) in [5.74, 6) is 0. The SMILES string of the molecule is CCNC1CCOC1. The molecule has 1 aliphatic heterocycles. The second kappa shape index (κ2) is 3.05. The molecular formula is C6H13NO. The fourth-order valence-electron chi connectivity index (χ4n) is 0.984. The van der Waals surface area contributed by atoms with Crippen LogP contribution in [0.3, 0.4) is 0 Å². The fourth-order valence-corrected chi connectivity index (χ4v) is 0.984. The zero-order valence-corrected chi connectivity index (χ0v) is 5.31. The Bertz CT molecular complexity index is 59.5. The van der Waals surface area contributed by atoms with Gasteiger partial charge in [0.25, 0.3) is 0 Å². The van der Waals surface area contributed by atoms with Crippen LogP contribution in [-0.4, -0.2) is 25.8 Å². The van der Waals surface area contributed by atoms with E-state index in [9.17, 15) is 0 Å². The molecule has 2 heteroatoms. The van der Waals surface area contributed by atoms with Crippen LogP contribution in [0.1, 0.15) is 13.3 Å². The van der Waals surface area contributed by atoms with E-state index < -0.39 is 0 Å². The summed E-state index contributed by atoms with van der Waals surface area (Å²) in [6.07, 6.45) is 1.19. The molecule has 1 rings (SSSR count). The lowest BCUT2D eigenvalue weighted by Crippen LogP contribution is -2.28. The molecule has 0 radical (unpaired) electrons. The molecule has 0 aliphatic carbocycles. The monoisotopic (exact) mass is 115 g/mol. The molecule has 0 bridgehead atoms. The van der Waals surface area contributed by atoms with Crippen molar-refractivity contribution in [3.8, 4) is 0 Å². The summed E-state index contributed by atoms with van der Waals surface area (Å²) in [6.45, 7) is 5.04. The highest BCUT2D eigenvalue weighted by Crippen LogP contribution is 2.01. The first-order chi connectivity index (χ1) is 3.93. The molecule has 0 aromatic carbocycles. The third-order valence-corrected chi connectivity index (χ3v) is 1.42. The van der Waals surface area contributed by atoms with E-state index in [0.717, 1.165) is 19.8 Å². The molecule has 1 saturated heterocycles. The summed E-state index contributed by atoms with van der Waals surface area (Å²) in [4.78, 5) is 0. The lowest BCUT2D eigenvalue weighted by atomic mass is 10.3. The first-order valence-corrected chi connectivity index (χ1v) is 3.24. The van der Waals surface area contributed by atoms with Gasteiger partial charge in [-0.05, 0) is 13.0 Å². The van der Waals surface area contributed by atoms with Crippen molar-refractivity contribution < 1.29 is 4.74 Å². The van der Waals surface area contributed by atoms with Gasteiger partial charge >= 0.3 is 0 Å². The Morgan fingerprint density at radius 3 is 3.12 bits per heavy atom. The van der Waals surface area contributed by atoms with Crippen molar-refractivity contribution in [1.29, 1.82) is 0 Å². The van der Waals surface area contributed by atoms with Gasteiger partial charge in [-0.1, -0.05) is 6.92 Å². The summed E-state index contributed by atoms with van der Waals surface area (Å²) in [6, 6.07) is 0.639. The minimum Gasteiger partial charge on any atom is -0.380 e. The summed E-state index contributed by atoms with van der Waals surface area (Å²) in [5, 5.41) is 3.32. The van der Waals surface area contributed by atoms with E-state index in [1.165, 1.54) is 6.42 Å². The van der Waals surface area contributed by atoms with Gasteiger partial charge in [-0.2, -0.15) is 0 Å². The largest absolute Gasteiger partial charge is 0.380 e. The van der Waals surface area contributed by atoms with Gasteiger partial charge in [-0.15, -0.1) is 0 Å². The summed E-state index contributed by atoms with van der Waals surface area (Å²) in [5.41, 5.74) is 0. The molecular weight excluding hydrogens is 102 g/mol. The van der Waals surface area contributed by atoms with E-state index in [0.29, 0.717) is 6.04 Å². The van der Waals surface area contributed by atoms with Gasteiger partial charge in [0.15, 0.2) is 0 Å². The smallest absolute Gasteiger partial charge is 0.0620 e. The maximum atomic E-state index is 5.15. The molecule has 1 aliphatic rings. The van der Waals surface area contributed by atoms with Crippen molar-refractivity contribution in [2.75, 3.05) is 19.8 Å². The van der Waals surface area contributed by atoms with Gasteiger partial charge in [0.05, 0.1) is 6.61 Å². The number of nitrogens with one attached hydrogen (secondary N) is 1. The van der Waals surface area contributed by atoms with Crippen LogP contribution in [0.4, 0.5) is 0 Å². The number of likely N-dealkylation sites (N-methyl/N-ethyl adjacent to an activating group) is 1. The molecule has 1 unspecified atom stereocenters. The summed E-state index contributed by atoms with van der Waals surface area (Å²) < 4.78 is 5.15. The average molecular weight is 115 g/mol. The Morgan fingerprint density at radius 1 is 1.75 bits per heavy atom. The van der Waals surface area contributed by atoms with E-state index in [2.05, 4.69) is 12.2 Å². The van der Waals surface area contributed by atoms with Crippen LogP contribution < -0.4 is 5.32 Å². The predicted molar refractivity (Wildman–Crippen MR) is 32.9 cm³/mol. The van der Waals surface area contributed by atoms with Crippen molar-refractivity contribution in [2.45, 2.75) is 19.4 Å². The lowest BCUT2D eigenvalue weighted by molar-refractivity contribution is 0.190. The average Bonchev–Trinajstić information content (AvgIpc) is 2.19. The molecule has 1 N–H and O–H groups in total. The second-order valence-corrected chi connectivity index (χ2v) is 2.12. The first kappa shape index (κ1) is 6.05. The molecule has 8 heavy (non-hydrogen) atoms. The molecule has 48 valence electrons. The second-order valence-electron chi connectivity index (χ2n) is 2.12. The number of ether oxygens (including phenoxy) is 1. The maximum Gasteiger partial charge on any atom is 0.0620 e. The number of hydrogen-bond donors (Lipinski definition) is 1. The van der Waals surface area contributed by atoms with Crippen LogP contribution in [0, 0.1) is 0 Å². The third kappa shape index (κ3) is 1.46. The summed E-state index contributed by atoms with van der Waals surface area (Å²) in [7, 11) is 0. The maximum absolute atomic E-state index is 5.15. The summed E-state index contributed by atoms with van der Waals surface area (Å²) >= 11 is 0. The molecule has 0 amide bonds. The van der Waals surface area contributed by atoms with Crippen molar-refractivity contribution >= 4 is 0 Å². The van der Waals surface area contributed by atoms with Crippen molar-refractivity contribution in [3.63, 3.8) is 0 Å². The Hall–Kier alpha value is -0.0800. The van der Waals surface area contributed by atoms with Gasteiger partial charge in [-0.25, -0.2) is 0 Å². The minimum atomic E-state index is 0.639. The van der Waals surface area contributed by atoms with E-state index >= 15 is 0 Å². The highest BCUT2D eigenvalue weighted by atomic mass is 16.5. The molecule has 0 aromatic rings. The quantitative estimate of drug-likeness (QED) is 0.562. The van der Waals surface area contributed by atoms with Crippen molar-refractivity contribution in [1.82, 2.24) is 5.32 Å². The van der Waals surface area contributed by atoms with E-state index in [-0.39, 0.29) is 0 Å². The highest BCUT2D eigenvalue weighted by Gasteiger charge is 2.12. The number of hydrogen-bond acceptors (Lipinski definition) is 2. The standard InChI is InChI=1S/C6H13NO/c1-2-7-6-3-4-8-5-6/h6-7H,2-5H2,1H3. The van der Waals surface area contributed by atoms with Gasteiger partial charge < -0.3 is 10.1 Å². The Morgan fingerprint density at radius 2 is 2.62 bits per heavy atom. The molecule has 1 atom stereocenters. The van der Waals surface area contributed by atoms with Crippen LogP contribution in [0.2, 0.25) is 0 Å². The van der Waals surface area contributed by atoms with Gasteiger partial charge in [0.2, 0.25) is 0 Å². The first-order valence-electron chi connectivity index (χ1n) is 3.24. The third-order valence-electron chi connectivity index (χ3n) is 1.42. The van der Waals surface area contributed by atoms with E-state index in [1.54, 1.807) is 0 Å². The Kier molecular flexibility index (Phi) is 2.30. The predicted octanol–water partition coefficient (Wildman–Crippen LogP) is 0.385. The van der Waals surface area contributed by atoms with Crippen LogP contribution >= 0.6 is 0 Å². The van der Waals surface area contributed by atoms with Crippen LogP contribution in [-0.2, 0) is 4.74 Å². The van der Waals surface area contributed by atoms with Crippen LogP contribution in [0.25, 0.3) is 0 Å². The van der Waals surface area contributed by atoms with Gasteiger partial charge in [0, 0.05) is 12.6 Å². The Balaban J connectivity index is 2.06. The molecule has 2 nitrogen and oxygen atoms in total. The minimum absolute atomic E-state index is 0.639. The molecule has 1 fully saturated rings. The normalized spacial score (nSPS) is 28.9. The molecule has 1 heterocycles. The van der Waals surface area contributed by atoms with Gasteiger partial charge in [-0.3, -0.25) is 0 Å². The van der Waals surface area contributed by atoms with Crippen LogP contribution in [0.15, 0.2) is 0 Å².